The first-order valence-corrected chi connectivity index (χ1v) is 8.64. The summed E-state index contributed by atoms with van der Waals surface area (Å²) in [6.07, 6.45) is 3.34. The van der Waals surface area contributed by atoms with E-state index in [0.29, 0.717) is 11.3 Å². The molecule has 2 aromatic carbocycles. The molecule has 0 saturated carbocycles. The Morgan fingerprint density at radius 1 is 0.913 bits per heavy atom. The summed E-state index contributed by atoms with van der Waals surface area (Å²) in [4.78, 5) is 4.34. The zero-order chi connectivity index (χ0) is 16.3. The SMILES string of the molecule is Cc1cccc(S(=O)(=O)Nc2ccccc2)c1-c1cccnc1. The van der Waals surface area contributed by atoms with Gasteiger partial charge in [0.15, 0.2) is 0 Å². The second-order valence-electron chi connectivity index (χ2n) is 5.16. The number of hydrogen-bond acceptors (Lipinski definition) is 3. The zero-order valence-electron chi connectivity index (χ0n) is 12.6. The normalized spacial score (nSPS) is 11.2. The van der Waals surface area contributed by atoms with E-state index in [1.807, 2.05) is 25.1 Å². The Bertz CT molecular complexity index is 908. The molecule has 0 unspecified atom stereocenters. The molecule has 1 N–H and O–H groups in total. The summed E-state index contributed by atoms with van der Waals surface area (Å²) in [6.45, 7) is 1.89. The van der Waals surface area contributed by atoms with Gasteiger partial charge in [-0.3, -0.25) is 9.71 Å². The van der Waals surface area contributed by atoms with Crippen molar-refractivity contribution in [3.05, 3.63) is 78.6 Å². The molecule has 0 saturated heterocycles. The molecule has 0 amide bonds. The highest BCUT2D eigenvalue weighted by atomic mass is 32.2. The smallest absolute Gasteiger partial charge is 0.262 e. The lowest BCUT2D eigenvalue weighted by molar-refractivity contribution is 0.601. The van der Waals surface area contributed by atoms with Crippen LogP contribution in [0.3, 0.4) is 0 Å². The Balaban J connectivity index is 2.12. The van der Waals surface area contributed by atoms with Crippen LogP contribution < -0.4 is 4.72 Å². The summed E-state index contributed by atoms with van der Waals surface area (Å²) >= 11 is 0. The van der Waals surface area contributed by atoms with Gasteiger partial charge < -0.3 is 0 Å². The molecule has 0 bridgehead atoms. The number of aryl methyl sites for hydroxylation is 1. The van der Waals surface area contributed by atoms with Crippen molar-refractivity contribution in [1.82, 2.24) is 4.98 Å². The fourth-order valence-corrected chi connectivity index (χ4v) is 3.82. The van der Waals surface area contributed by atoms with Gasteiger partial charge in [-0.25, -0.2) is 8.42 Å². The van der Waals surface area contributed by atoms with Gasteiger partial charge >= 0.3 is 0 Å². The van der Waals surface area contributed by atoms with E-state index in [0.717, 1.165) is 11.1 Å². The number of aromatic nitrogens is 1. The van der Waals surface area contributed by atoms with E-state index in [2.05, 4.69) is 9.71 Å². The fraction of sp³-hybridized carbons (Fsp3) is 0.0556. The van der Waals surface area contributed by atoms with Gasteiger partial charge in [-0.2, -0.15) is 0 Å². The van der Waals surface area contributed by atoms with Gasteiger partial charge in [0.25, 0.3) is 10.0 Å². The third kappa shape index (κ3) is 3.24. The highest BCUT2D eigenvalue weighted by Gasteiger charge is 2.21. The maximum atomic E-state index is 12.8. The van der Waals surface area contributed by atoms with E-state index < -0.39 is 10.0 Å². The first kappa shape index (κ1) is 15.2. The predicted molar refractivity (Wildman–Crippen MR) is 91.7 cm³/mol. The Labute approximate surface area is 135 Å². The van der Waals surface area contributed by atoms with Gasteiger partial charge in [-0.15, -0.1) is 0 Å². The zero-order valence-corrected chi connectivity index (χ0v) is 13.4. The fourth-order valence-electron chi connectivity index (χ4n) is 2.46. The lowest BCUT2D eigenvalue weighted by Gasteiger charge is -2.14. The monoisotopic (exact) mass is 324 g/mol. The highest BCUT2D eigenvalue weighted by Crippen LogP contribution is 2.31. The Morgan fingerprint density at radius 2 is 1.70 bits per heavy atom. The number of benzene rings is 2. The van der Waals surface area contributed by atoms with Crippen LogP contribution in [0.2, 0.25) is 0 Å². The first-order chi connectivity index (χ1) is 11.1. The minimum atomic E-state index is -3.69. The van der Waals surface area contributed by atoms with Crippen molar-refractivity contribution < 1.29 is 8.42 Å². The second-order valence-corrected chi connectivity index (χ2v) is 6.81. The largest absolute Gasteiger partial charge is 0.280 e. The van der Waals surface area contributed by atoms with Crippen molar-refractivity contribution in [3.8, 4) is 11.1 Å². The van der Waals surface area contributed by atoms with Crippen LogP contribution in [0.5, 0.6) is 0 Å². The van der Waals surface area contributed by atoms with Crippen molar-refractivity contribution in [3.63, 3.8) is 0 Å². The molecule has 0 aliphatic rings. The standard InChI is InChI=1S/C18H16N2O2S/c1-14-7-5-11-17(18(14)15-8-6-12-19-13-15)23(21,22)20-16-9-3-2-4-10-16/h2-13,20H,1H3. The van der Waals surface area contributed by atoms with Gasteiger partial charge in [0.05, 0.1) is 4.90 Å². The average molecular weight is 324 g/mol. The molecule has 3 rings (SSSR count). The van der Waals surface area contributed by atoms with Crippen LogP contribution in [-0.4, -0.2) is 13.4 Å². The lowest BCUT2D eigenvalue weighted by Crippen LogP contribution is -2.14. The van der Waals surface area contributed by atoms with Crippen LogP contribution in [-0.2, 0) is 10.0 Å². The lowest BCUT2D eigenvalue weighted by atomic mass is 10.0. The molecule has 4 nitrogen and oxygen atoms in total. The van der Waals surface area contributed by atoms with E-state index >= 15 is 0 Å². The molecular weight excluding hydrogens is 308 g/mol. The van der Waals surface area contributed by atoms with Crippen LogP contribution in [0, 0.1) is 6.92 Å². The Hall–Kier alpha value is -2.66. The van der Waals surface area contributed by atoms with E-state index in [-0.39, 0.29) is 4.90 Å². The summed E-state index contributed by atoms with van der Waals surface area (Å²) < 4.78 is 28.3. The third-order valence-corrected chi connectivity index (χ3v) is 4.92. The minimum absolute atomic E-state index is 0.245. The number of pyridine rings is 1. The Morgan fingerprint density at radius 3 is 2.39 bits per heavy atom. The van der Waals surface area contributed by atoms with E-state index in [9.17, 15) is 8.42 Å². The van der Waals surface area contributed by atoms with Gasteiger partial charge in [0.1, 0.15) is 0 Å². The summed E-state index contributed by atoms with van der Waals surface area (Å²) in [7, 11) is -3.69. The third-order valence-electron chi connectivity index (χ3n) is 3.50. The van der Waals surface area contributed by atoms with Gasteiger partial charge in [0, 0.05) is 29.2 Å². The van der Waals surface area contributed by atoms with Crippen LogP contribution >= 0.6 is 0 Å². The molecule has 116 valence electrons. The minimum Gasteiger partial charge on any atom is -0.280 e. The molecule has 0 fully saturated rings. The number of hydrogen-bond donors (Lipinski definition) is 1. The molecule has 0 atom stereocenters. The first-order valence-electron chi connectivity index (χ1n) is 7.16. The topological polar surface area (TPSA) is 59.1 Å². The van der Waals surface area contributed by atoms with Crippen LogP contribution in [0.25, 0.3) is 11.1 Å². The molecular formula is C18H16N2O2S. The van der Waals surface area contributed by atoms with Crippen molar-refractivity contribution >= 4 is 15.7 Å². The molecule has 3 aromatic rings. The quantitative estimate of drug-likeness (QED) is 0.793. The molecule has 1 aromatic heterocycles. The number of sulfonamides is 1. The maximum absolute atomic E-state index is 12.8. The van der Waals surface area contributed by atoms with E-state index in [1.54, 1.807) is 54.9 Å². The molecule has 1 heterocycles. The van der Waals surface area contributed by atoms with E-state index in [1.165, 1.54) is 0 Å². The van der Waals surface area contributed by atoms with Gasteiger partial charge in [-0.1, -0.05) is 36.4 Å². The molecule has 0 spiro atoms. The summed E-state index contributed by atoms with van der Waals surface area (Å²) in [5.41, 5.74) is 2.86. The number of nitrogens with zero attached hydrogens (tertiary/aromatic N) is 1. The van der Waals surface area contributed by atoms with Gasteiger partial charge in [0.2, 0.25) is 0 Å². The second kappa shape index (κ2) is 6.22. The van der Waals surface area contributed by atoms with Crippen LogP contribution in [0.1, 0.15) is 5.56 Å². The van der Waals surface area contributed by atoms with Crippen molar-refractivity contribution in [2.45, 2.75) is 11.8 Å². The number of rotatable bonds is 4. The summed E-state index contributed by atoms with van der Waals surface area (Å²) in [6, 6.07) is 17.8. The summed E-state index contributed by atoms with van der Waals surface area (Å²) in [5, 5.41) is 0. The van der Waals surface area contributed by atoms with Crippen molar-refractivity contribution in [2.75, 3.05) is 4.72 Å². The van der Waals surface area contributed by atoms with Crippen LogP contribution in [0.4, 0.5) is 5.69 Å². The highest BCUT2D eigenvalue weighted by molar-refractivity contribution is 7.92. The number of para-hydroxylation sites is 1. The molecule has 5 heteroatoms. The van der Waals surface area contributed by atoms with Crippen molar-refractivity contribution in [1.29, 1.82) is 0 Å². The Kier molecular flexibility index (Phi) is 4.12. The molecule has 0 aliphatic carbocycles. The molecule has 23 heavy (non-hydrogen) atoms. The van der Waals surface area contributed by atoms with Crippen LogP contribution in [0.15, 0.2) is 78.0 Å². The molecule has 0 radical (unpaired) electrons. The average Bonchev–Trinajstić information content (AvgIpc) is 2.56. The number of anilines is 1. The summed E-state index contributed by atoms with van der Waals surface area (Å²) in [5.74, 6) is 0. The van der Waals surface area contributed by atoms with Gasteiger partial charge in [-0.05, 0) is 36.8 Å². The molecule has 0 aliphatic heterocycles. The predicted octanol–water partition coefficient (Wildman–Crippen LogP) is 3.86. The van der Waals surface area contributed by atoms with Crippen molar-refractivity contribution in [2.24, 2.45) is 0 Å². The number of nitrogens with one attached hydrogen (secondary N) is 1. The van der Waals surface area contributed by atoms with E-state index in [4.69, 9.17) is 0 Å². The maximum Gasteiger partial charge on any atom is 0.262 e.